The van der Waals surface area contributed by atoms with E-state index in [4.69, 9.17) is 19.7 Å². The minimum absolute atomic E-state index is 0.0675. The summed E-state index contributed by atoms with van der Waals surface area (Å²) in [4.78, 5) is 64.4. The first-order chi connectivity index (χ1) is 38.1. The van der Waals surface area contributed by atoms with Crippen molar-refractivity contribution in [3.63, 3.8) is 0 Å². The molecule has 6 aromatic rings. The molecule has 22 heteroatoms. The zero-order valence-electron chi connectivity index (χ0n) is 47.6. The number of carbonyl (C=O) groups excluding carboxylic acids is 2. The maximum Gasteiger partial charge on any atom is 0.257 e. The normalized spacial score (nSPS) is 20.3. The Labute approximate surface area is 468 Å². The van der Waals surface area contributed by atoms with Crippen molar-refractivity contribution >= 4 is 55.8 Å². The number of nitrogens with one attached hydrogen (secondary N) is 3. The summed E-state index contributed by atoms with van der Waals surface area (Å²) in [6, 6.07) is 12.5. The second kappa shape index (κ2) is 23.0. The van der Waals surface area contributed by atoms with Gasteiger partial charge in [-0.25, -0.2) is 32.7 Å². The van der Waals surface area contributed by atoms with Gasteiger partial charge >= 0.3 is 0 Å². The molecule has 0 bridgehead atoms. The van der Waals surface area contributed by atoms with Crippen LogP contribution >= 0.6 is 0 Å². The number of ether oxygens (including phenoxy) is 1. The Morgan fingerprint density at radius 1 is 0.875 bits per heavy atom. The highest BCUT2D eigenvalue weighted by molar-refractivity contribution is 7.92. The van der Waals surface area contributed by atoms with Crippen molar-refractivity contribution in [1.82, 2.24) is 60.0 Å². The van der Waals surface area contributed by atoms with Crippen molar-refractivity contribution in [3.8, 4) is 5.75 Å². The summed E-state index contributed by atoms with van der Waals surface area (Å²) >= 11 is 0. The molecule has 3 saturated heterocycles. The highest BCUT2D eigenvalue weighted by Crippen LogP contribution is 2.41. The van der Waals surface area contributed by atoms with Gasteiger partial charge in [0.25, 0.3) is 5.91 Å². The molecule has 0 saturated carbocycles. The summed E-state index contributed by atoms with van der Waals surface area (Å²) < 4.78 is 46.8. The van der Waals surface area contributed by atoms with E-state index in [0.29, 0.717) is 92.7 Å². The van der Waals surface area contributed by atoms with Crippen molar-refractivity contribution in [3.05, 3.63) is 107 Å². The number of piperazine rings is 3. The van der Waals surface area contributed by atoms with E-state index in [-0.39, 0.29) is 58.4 Å². The van der Waals surface area contributed by atoms with Crippen LogP contribution in [-0.4, -0.2) is 190 Å². The third-order valence-electron chi connectivity index (χ3n) is 16.3. The number of anilines is 4. The summed E-state index contributed by atoms with van der Waals surface area (Å²) in [5.41, 5.74) is 6.29. The van der Waals surface area contributed by atoms with Crippen molar-refractivity contribution < 1.29 is 27.1 Å². The quantitative estimate of drug-likeness (QED) is 0.0959. The fraction of sp³-hybridized carbons (Fsp3) is 0.517. The number of aryl methyl sites for hydroxylation is 1. The van der Waals surface area contributed by atoms with Gasteiger partial charge in [-0.2, -0.15) is 5.10 Å². The molecule has 2 aromatic carbocycles. The number of H-pyrrole nitrogens is 1. The lowest BCUT2D eigenvalue weighted by molar-refractivity contribution is -0.120. The van der Waals surface area contributed by atoms with Gasteiger partial charge in [0.2, 0.25) is 11.9 Å². The van der Waals surface area contributed by atoms with Gasteiger partial charge in [-0.05, 0) is 96.7 Å². The van der Waals surface area contributed by atoms with Crippen molar-refractivity contribution in [1.29, 1.82) is 0 Å². The first-order valence-corrected chi connectivity index (χ1v) is 29.4. The van der Waals surface area contributed by atoms with Crippen LogP contribution in [0.5, 0.6) is 5.75 Å². The topological polar surface area (TPSA) is 214 Å². The number of sulfone groups is 1. The molecule has 4 aromatic heterocycles. The second-order valence-corrected chi connectivity index (χ2v) is 26.4. The van der Waals surface area contributed by atoms with E-state index in [1.54, 1.807) is 57.4 Å². The summed E-state index contributed by atoms with van der Waals surface area (Å²) in [5, 5.41) is 14.7. The molecule has 2 amide bonds. The number of halogens is 1. The Balaban J connectivity index is 0.692. The third-order valence-corrected chi connectivity index (χ3v) is 18.8. The van der Waals surface area contributed by atoms with Gasteiger partial charge in [0.1, 0.15) is 28.6 Å². The average molecular weight is 1110 g/mol. The number of benzene rings is 2. The number of carbonyl (C=O) groups is 2. The van der Waals surface area contributed by atoms with Crippen LogP contribution in [0.4, 0.5) is 27.7 Å². The fourth-order valence-electron chi connectivity index (χ4n) is 11.3. The lowest BCUT2D eigenvalue weighted by Crippen LogP contribution is -2.63. The number of hydrogen-bond donors (Lipinski definition) is 3. The molecule has 3 N–H and O–H groups in total. The van der Waals surface area contributed by atoms with Gasteiger partial charge in [-0.15, -0.1) is 0 Å². The van der Waals surface area contributed by atoms with Gasteiger partial charge < -0.3 is 30.1 Å². The number of pyridine rings is 1. The Morgan fingerprint density at radius 2 is 1.62 bits per heavy atom. The van der Waals surface area contributed by atoms with Crippen LogP contribution < -0.4 is 25.2 Å². The van der Waals surface area contributed by atoms with Gasteiger partial charge in [0.05, 0.1) is 40.4 Å². The third kappa shape index (κ3) is 12.1. The molecule has 4 aliphatic heterocycles. The number of aromatic nitrogens is 7. The molecule has 0 spiro atoms. The molecule has 0 aliphatic carbocycles. The smallest absolute Gasteiger partial charge is 0.257 e. The largest absolute Gasteiger partial charge is 0.492 e. The van der Waals surface area contributed by atoms with Crippen LogP contribution in [0.2, 0.25) is 0 Å². The first-order valence-electron chi connectivity index (χ1n) is 27.9. The number of aromatic amines is 1. The van der Waals surface area contributed by atoms with Crippen molar-refractivity contribution in [2.75, 3.05) is 107 Å². The van der Waals surface area contributed by atoms with E-state index in [1.807, 2.05) is 29.8 Å². The summed E-state index contributed by atoms with van der Waals surface area (Å²) in [6.45, 7) is 26.5. The van der Waals surface area contributed by atoms with Gasteiger partial charge in [0.15, 0.2) is 15.7 Å². The van der Waals surface area contributed by atoms with Crippen LogP contribution in [0.1, 0.15) is 93.3 Å². The highest BCUT2D eigenvalue weighted by atomic mass is 32.2. The molecule has 3 fully saturated rings. The predicted octanol–water partition coefficient (Wildman–Crippen LogP) is 5.92. The fourth-order valence-corrected chi connectivity index (χ4v) is 12.6. The Morgan fingerprint density at radius 3 is 2.33 bits per heavy atom. The molecule has 20 nitrogen and oxygen atoms in total. The SMILES string of the molecule is Cc1[nH]nc(Nc2ncnc3cc(OCCCN4CCN(C(=O)c5cnc(N6CCN(C[C@H]7CN[C@H](C)CN7CC(=O)N7CC(C)(C)c8ncc(Cc9ccc(F)cc9)cc87)C(C)C6)nc5)CC4)c(S(=O)(=O)C(C)(C)C)cc23)c1C. The first kappa shape index (κ1) is 56.6. The van der Waals surface area contributed by atoms with Gasteiger partial charge in [-0.3, -0.25) is 34.4 Å². The standard InChI is InChI=1S/C58H76FN15O5S/c1-37-31-73(34-51(75)74-35-58(8,9)52-48(74)24-42(27-61-52)23-41-11-13-44(59)14-12-41)45(30-60-37)33-71-20-21-72(32-38(71)2)56-62-28-43(29-63-56)55(76)70-18-16-69(17-19-70)15-10-22-79-49-26-47-46(25-50(49)80(77,78)57(5,6)7)54(65-36-64-47)66-53-39(3)40(4)67-68-53/h11-14,24-29,36-38,45,60H,10,15-23,30-35H2,1-9H3,(H2,64,65,66,67,68)/t37-,38?,45-/m1/s1. The van der Waals surface area contributed by atoms with Crippen LogP contribution in [0.15, 0.2) is 72.3 Å². The van der Waals surface area contributed by atoms with E-state index in [2.05, 4.69) is 84.2 Å². The van der Waals surface area contributed by atoms with Crippen LogP contribution in [0.25, 0.3) is 10.9 Å². The second-order valence-electron chi connectivity index (χ2n) is 23.8. The van der Waals surface area contributed by atoms with E-state index >= 15 is 0 Å². The van der Waals surface area contributed by atoms with Crippen LogP contribution in [0.3, 0.4) is 0 Å². The minimum Gasteiger partial charge on any atom is -0.492 e. The zero-order chi connectivity index (χ0) is 56.7. The molecule has 3 atom stereocenters. The molecule has 8 heterocycles. The molecular formula is C58H76FN15O5S. The number of rotatable bonds is 16. The molecule has 4 aliphatic rings. The monoisotopic (exact) mass is 1110 g/mol. The van der Waals surface area contributed by atoms with Crippen LogP contribution in [-0.2, 0) is 26.5 Å². The predicted molar refractivity (Wildman–Crippen MR) is 307 cm³/mol. The summed E-state index contributed by atoms with van der Waals surface area (Å²) in [7, 11) is -3.84. The van der Waals surface area contributed by atoms with Crippen molar-refractivity contribution in [2.24, 2.45) is 0 Å². The number of amides is 2. The Bertz CT molecular complexity index is 3330. The summed E-state index contributed by atoms with van der Waals surface area (Å²) in [6.07, 6.45) is 7.84. The molecule has 0 radical (unpaired) electrons. The number of hydrogen-bond acceptors (Lipinski definition) is 17. The maximum absolute atomic E-state index is 14.4. The maximum atomic E-state index is 14.4. The molecular weight excluding hydrogens is 1040 g/mol. The molecule has 80 heavy (non-hydrogen) atoms. The zero-order valence-corrected chi connectivity index (χ0v) is 48.4. The lowest BCUT2D eigenvalue weighted by Gasteiger charge is -2.45. The Kier molecular flexibility index (Phi) is 16.3. The van der Waals surface area contributed by atoms with E-state index in [9.17, 15) is 22.4 Å². The van der Waals surface area contributed by atoms with Crippen LogP contribution in [0, 0.1) is 19.7 Å². The average Bonchev–Trinajstić information content (AvgIpc) is 3.98. The lowest BCUT2D eigenvalue weighted by atomic mass is 9.91. The molecule has 1 unspecified atom stereocenters. The minimum atomic E-state index is -3.84. The van der Waals surface area contributed by atoms with Crippen molar-refractivity contribution in [2.45, 2.75) is 108 Å². The highest BCUT2D eigenvalue weighted by Gasteiger charge is 2.42. The van der Waals surface area contributed by atoms with E-state index < -0.39 is 14.6 Å². The molecule has 10 rings (SSSR count). The van der Waals surface area contributed by atoms with E-state index in [0.717, 1.165) is 73.0 Å². The van der Waals surface area contributed by atoms with Gasteiger partial charge in [-0.1, -0.05) is 26.0 Å². The summed E-state index contributed by atoms with van der Waals surface area (Å²) in [5.74, 6) is 1.58. The number of nitrogens with zero attached hydrogens (tertiary/aromatic N) is 12. The number of fused-ring (bicyclic) bond motifs is 2. The van der Waals surface area contributed by atoms with E-state index in [1.165, 1.54) is 18.5 Å². The Hall–Kier alpha value is -6.72. The molecule has 426 valence electrons. The van der Waals surface area contributed by atoms with Gasteiger partial charge in [0, 0.05) is 143 Å².